The molecule has 0 spiro atoms. The fraction of sp³-hybridized carbons (Fsp3) is 0.300. The minimum atomic E-state index is -0.393. The summed E-state index contributed by atoms with van der Waals surface area (Å²) in [6.07, 6.45) is 0. The first-order valence-electron chi connectivity index (χ1n) is 8.51. The maximum Gasteiger partial charge on any atom is 0.255 e. The van der Waals surface area contributed by atoms with Crippen molar-refractivity contribution < 1.29 is 9.59 Å². The minimum absolute atomic E-state index is 0.0334. The van der Waals surface area contributed by atoms with Crippen LogP contribution in [-0.4, -0.2) is 40.9 Å². The average Bonchev–Trinajstić information content (AvgIpc) is 3.27. The van der Waals surface area contributed by atoms with Crippen LogP contribution in [0.15, 0.2) is 54.6 Å². The van der Waals surface area contributed by atoms with Crippen LogP contribution in [0.3, 0.4) is 0 Å². The van der Waals surface area contributed by atoms with E-state index in [1.165, 1.54) is 5.56 Å². The number of thioether (sulfide) groups is 1. The molecule has 2 aliphatic heterocycles. The van der Waals surface area contributed by atoms with Crippen molar-refractivity contribution in [2.75, 3.05) is 23.1 Å². The Morgan fingerprint density at radius 1 is 1.04 bits per heavy atom. The molecule has 0 radical (unpaired) electrons. The lowest BCUT2D eigenvalue weighted by Gasteiger charge is -2.27. The first kappa shape index (κ1) is 16.2. The van der Waals surface area contributed by atoms with Gasteiger partial charge in [-0.15, -0.1) is 11.8 Å². The van der Waals surface area contributed by atoms with Crippen LogP contribution in [0.25, 0.3) is 0 Å². The fourth-order valence-corrected chi connectivity index (χ4v) is 4.75. The van der Waals surface area contributed by atoms with Gasteiger partial charge in [0, 0.05) is 29.5 Å². The second-order valence-electron chi connectivity index (χ2n) is 6.57. The van der Waals surface area contributed by atoms with Crippen LogP contribution in [0.5, 0.6) is 0 Å². The van der Waals surface area contributed by atoms with E-state index in [4.69, 9.17) is 0 Å². The number of hydrogen-bond donors (Lipinski definition) is 0. The maximum atomic E-state index is 13.2. The van der Waals surface area contributed by atoms with Crippen molar-refractivity contribution in [2.45, 2.75) is 18.9 Å². The molecule has 1 saturated heterocycles. The molecule has 4 rings (SSSR count). The van der Waals surface area contributed by atoms with Gasteiger partial charge in [0.2, 0.25) is 0 Å². The predicted octanol–water partition coefficient (Wildman–Crippen LogP) is 3.35. The van der Waals surface area contributed by atoms with Crippen molar-refractivity contribution in [3.05, 3.63) is 65.7 Å². The van der Waals surface area contributed by atoms with Gasteiger partial charge < -0.3 is 9.80 Å². The summed E-state index contributed by atoms with van der Waals surface area (Å²) < 4.78 is 0. The van der Waals surface area contributed by atoms with E-state index in [0.717, 1.165) is 5.69 Å². The number of hydrogen-bond acceptors (Lipinski definition) is 3. The Morgan fingerprint density at radius 3 is 2.56 bits per heavy atom. The zero-order valence-corrected chi connectivity index (χ0v) is 14.9. The van der Waals surface area contributed by atoms with Gasteiger partial charge in [-0.05, 0) is 23.8 Å². The molecule has 0 aliphatic carbocycles. The molecule has 0 N–H and O–H groups in total. The smallest absolute Gasteiger partial charge is 0.255 e. The van der Waals surface area contributed by atoms with Crippen molar-refractivity contribution in [3.8, 4) is 0 Å². The van der Waals surface area contributed by atoms with Gasteiger partial charge in [0.15, 0.2) is 0 Å². The topological polar surface area (TPSA) is 40.6 Å². The quantitative estimate of drug-likeness (QED) is 0.832. The molecule has 2 heterocycles. The first-order chi connectivity index (χ1) is 12.2. The summed E-state index contributed by atoms with van der Waals surface area (Å²) in [7, 11) is 0. The van der Waals surface area contributed by atoms with Crippen LogP contribution in [-0.2, 0) is 4.79 Å². The number of rotatable bonds is 2. The van der Waals surface area contributed by atoms with Crippen molar-refractivity contribution >= 4 is 29.3 Å². The molecule has 0 bridgehead atoms. The van der Waals surface area contributed by atoms with E-state index < -0.39 is 6.04 Å². The van der Waals surface area contributed by atoms with Gasteiger partial charge in [0.05, 0.1) is 5.88 Å². The van der Waals surface area contributed by atoms with E-state index in [1.54, 1.807) is 28.8 Å². The molecule has 2 amide bonds. The molecule has 128 valence electrons. The molecular weight excluding hydrogens is 332 g/mol. The molecule has 25 heavy (non-hydrogen) atoms. The summed E-state index contributed by atoms with van der Waals surface area (Å²) in [4.78, 5) is 29.6. The predicted molar refractivity (Wildman–Crippen MR) is 101 cm³/mol. The van der Waals surface area contributed by atoms with E-state index in [0.29, 0.717) is 29.7 Å². The third-order valence-electron chi connectivity index (χ3n) is 4.93. The number of amides is 2. The lowest BCUT2D eigenvalue weighted by Crippen LogP contribution is -2.48. The number of carbonyl (C=O) groups excluding carboxylic acids is 2. The van der Waals surface area contributed by atoms with Gasteiger partial charge in [-0.25, -0.2) is 0 Å². The highest BCUT2D eigenvalue weighted by molar-refractivity contribution is 7.99. The fourth-order valence-electron chi connectivity index (χ4n) is 3.60. The van der Waals surface area contributed by atoms with Gasteiger partial charge in [-0.3, -0.25) is 9.59 Å². The monoisotopic (exact) mass is 352 g/mol. The van der Waals surface area contributed by atoms with Crippen molar-refractivity contribution in [3.63, 3.8) is 0 Å². The van der Waals surface area contributed by atoms with Gasteiger partial charge >= 0.3 is 0 Å². The molecule has 2 aromatic rings. The molecule has 4 nitrogen and oxygen atoms in total. The standard InChI is InChI=1S/C20H20N2O2S/c1-14-11-21(17-10-6-5-9-16(14)17)20(24)18-12-25-13-22(18)19(23)15-7-3-2-4-8-15/h2-10,14,18H,11-13H2,1H3/t14-,18-/m0/s1. The van der Waals surface area contributed by atoms with Crippen LogP contribution in [0, 0.1) is 0 Å². The van der Waals surface area contributed by atoms with Gasteiger partial charge in [0.1, 0.15) is 6.04 Å². The Morgan fingerprint density at radius 2 is 1.76 bits per heavy atom. The lowest BCUT2D eigenvalue weighted by atomic mass is 10.0. The highest BCUT2D eigenvalue weighted by Crippen LogP contribution is 2.37. The molecule has 0 aromatic heterocycles. The van der Waals surface area contributed by atoms with E-state index in [2.05, 4.69) is 13.0 Å². The molecule has 0 saturated carbocycles. The second kappa shape index (κ2) is 6.56. The third-order valence-corrected chi connectivity index (χ3v) is 5.94. The zero-order valence-electron chi connectivity index (χ0n) is 14.1. The summed E-state index contributed by atoms with van der Waals surface area (Å²) in [6.45, 7) is 2.83. The van der Waals surface area contributed by atoms with E-state index >= 15 is 0 Å². The van der Waals surface area contributed by atoms with Crippen LogP contribution in [0.1, 0.15) is 28.8 Å². The number of carbonyl (C=O) groups is 2. The van der Waals surface area contributed by atoms with Gasteiger partial charge in [-0.1, -0.05) is 43.3 Å². The number of nitrogens with zero attached hydrogens (tertiary/aromatic N) is 2. The summed E-state index contributed by atoms with van der Waals surface area (Å²) in [5, 5.41) is 0. The second-order valence-corrected chi connectivity index (χ2v) is 7.57. The Kier molecular flexibility index (Phi) is 4.25. The van der Waals surface area contributed by atoms with Gasteiger partial charge in [-0.2, -0.15) is 0 Å². The highest BCUT2D eigenvalue weighted by atomic mass is 32.2. The SMILES string of the molecule is C[C@H]1CN(C(=O)[C@@H]2CSCN2C(=O)c2ccccc2)c2ccccc21. The minimum Gasteiger partial charge on any atom is -0.316 e. The summed E-state index contributed by atoms with van der Waals surface area (Å²) in [6, 6.07) is 16.9. The Hall–Kier alpha value is -2.27. The molecule has 0 unspecified atom stereocenters. The lowest BCUT2D eigenvalue weighted by molar-refractivity contribution is -0.121. The number of benzene rings is 2. The molecule has 5 heteroatoms. The molecule has 1 fully saturated rings. The molecule has 2 atom stereocenters. The normalized spacial score (nSPS) is 22.1. The van der Waals surface area contributed by atoms with E-state index in [9.17, 15) is 9.59 Å². The first-order valence-corrected chi connectivity index (χ1v) is 9.66. The van der Waals surface area contributed by atoms with E-state index in [-0.39, 0.29) is 11.8 Å². The third kappa shape index (κ3) is 2.82. The van der Waals surface area contributed by atoms with Gasteiger partial charge in [0.25, 0.3) is 11.8 Å². The molecule has 2 aliphatic rings. The van der Waals surface area contributed by atoms with Crippen molar-refractivity contribution in [1.29, 1.82) is 0 Å². The number of fused-ring (bicyclic) bond motifs is 1. The number of para-hydroxylation sites is 1. The van der Waals surface area contributed by atoms with Crippen molar-refractivity contribution in [2.24, 2.45) is 0 Å². The summed E-state index contributed by atoms with van der Waals surface area (Å²) >= 11 is 1.64. The Labute approximate surface area is 151 Å². The summed E-state index contributed by atoms with van der Waals surface area (Å²) in [5.74, 6) is 1.52. The maximum absolute atomic E-state index is 13.2. The Balaban J connectivity index is 1.59. The number of anilines is 1. The van der Waals surface area contributed by atoms with Crippen molar-refractivity contribution in [1.82, 2.24) is 4.90 Å². The van der Waals surface area contributed by atoms with Crippen LogP contribution in [0.2, 0.25) is 0 Å². The van der Waals surface area contributed by atoms with E-state index in [1.807, 2.05) is 41.3 Å². The average molecular weight is 352 g/mol. The molecule has 2 aromatic carbocycles. The highest BCUT2D eigenvalue weighted by Gasteiger charge is 2.40. The molecular formula is C20H20N2O2S. The largest absolute Gasteiger partial charge is 0.316 e. The van der Waals surface area contributed by atoms with Crippen LogP contribution in [0.4, 0.5) is 5.69 Å². The Bertz CT molecular complexity index is 808. The summed E-state index contributed by atoms with van der Waals surface area (Å²) in [5.41, 5.74) is 2.84. The van der Waals surface area contributed by atoms with Crippen LogP contribution < -0.4 is 4.90 Å². The van der Waals surface area contributed by atoms with Crippen LogP contribution >= 0.6 is 11.8 Å². The zero-order chi connectivity index (χ0) is 17.4.